The zero-order valence-corrected chi connectivity index (χ0v) is 16.7. The molecule has 3 N–H and O–H groups in total. The lowest BCUT2D eigenvalue weighted by atomic mass is 10.2. The third-order valence-corrected chi connectivity index (χ3v) is 5.37. The summed E-state index contributed by atoms with van der Waals surface area (Å²) in [6, 6.07) is 3.52. The fraction of sp³-hybridized carbons (Fsp3) is 0.200. The van der Waals surface area contributed by atoms with Gasteiger partial charge in [-0.25, -0.2) is 5.10 Å². The minimum atomic E-state index is 0.101. The van der Waals surface area contributed by atoms with Gasteiger partial charge in [-0.05, 0) is 59.5 Å². The van der Waals surface area contributed by atoms with Crippen LogP contribution in [0.15, 0.2) is 26.2 Å². The van der Waals surface area contributed by atoms with Crippen molar-refractivity contribution in [3.63, 3.8) is 0 Å². The molecule has 1 aromatic carbocycles. The first kappa shape index (κ1) is 16.7. The summed E-state index contributed by atoms with van der Waals surface area (Å²) in [4.78, 5) is 0. The van der Waals surface area contributed by atoms with Crippen LogP contribution in [0.25, 0.3) is 11.5 Å². The second kappa shape index (κ2) is 6.50. The lowest BCUT2D eigenvalue weighted by Gasteiger charge is -2.03. The Balaban J connectivity index is 1.77. The SMILES string of the molecule is Oc1c(Br)cc(Br)cc1C=Nn1c(-c2n[nH]c3c2CCC3)n[nH]c1=S. The molecule has 25 heavy (non-hydrogen) atoms. The van der Waals surface area contributed by atoms with Crippen LogP contribution in [0.4, 0.5) is 0 Å². The Bertz CT molecular complexity index is 1050. The topological polar surface area (TPSA) is 94.9 Å². The molecule has 0 spiro atoms. The number of halogens is 2. The van der Waals surface area contributed by atoms with Crippen molar-refractivity contribution in [2.75, 3.05) is 0 Å². The van der Waals surface area contributed by atoms with Crippen LogP contribution in [0.5, 0.6) is 5.75 Å². The third-order valence-electron chi connectivity index (χ3n) is 4.04. The van der Waals surface area contributed by atoms with Gasteiger partial charge in [-0.1, -0.05) is 15.9 Å². The van der Waals surface area contributed by atoms with Crippen molar-refractivity contribution in [1.29, 1.82) is 0 Å². The van der Waals surface area contributed by atoms with E-state index < -0.39 is 0 Å². The molecule has 128 valence electrons. The van der Waals surface area contributed by atoms with Crippen molar-refractivity contribution in [2.45, 2.75) is 19.3 Å². The molecule has 2 aromatic heterocycles. The summed E-state index contributed by atoms with van der Waals surface area (Å²) >= 11 is 12.0. The van der Waals surface area contributed by atoms with Crippen LogP contribution in [-0.4, -0.2) is 36.4 Å². The molecule has 1 aliphatic carbocycles. The number of aryl methyl sites for hydroxylation is 1. The molecule has 0 saturated heterocycles. The van der Waals surface area contributed by atoms with Crippen molar-refractivity contribution in [3.8, 4) is 17.3 Å². The lowest BCUT2D eigenvalue weighted by Crippen LogP contribution is -1.97. The molecule has 0 fully saturated rings. The quantitative estimate of drug-likeness (QED) is 0.388. The number of H-pyrrole nitrogens is 2. The van der Waals surface area contributed by atoms with Crippen LogP contribution >= 0.6 is 44.1 Å². The Kier molecular flexibility index (Phi) is 4.34. The van der Waals surface area contributed by atoms with E-state index in [4.69, 9.17) is 12.2 Å². The number of nitrogens with one attached hydrogen (secondary N) is 2. The second-order valence-corrected chi connectivity index (χ2v) is 7.77. The Morgan fingerprint density at radius 1 is 1.24 bits per heavy atom. The van der Waals surface area contributed by atoms with E-state index in [2.05, 4.69) is 57.4 Å². The molecule has 0 unspecified atom stereocenters. The molecular weight excluding hydrogens is 472 g/mol. The van der Waals surface area contributed by atoms with Crippen molar-refractivity contribution >= 4 is 50.3 Å². The van der Waals surface area contributed by atoms with Gasteiger partial charge in [-0.2, -0.15) is 20.0 Å². The van der Waals surface area contributed by atoms with Crippen LogP contribution in [0, 0.1) is 4.77 Å². The Morgan fingerprint density at radius 2 is 2.08 bits per heavy atom. The number of aromatic amines is 2. The van der Waals surface area contributed by atoms with Crippen molar-refractivity contribution in [2.24, 2.45) is 5.10 Å². The van der Waals surface area contributed by atoms with E-state index in [1.54, 1.807) is 12.1 Å². The average Bonchev–Trinajstić information content (AvgIpc) is 3.25. The maximum atomic E-state index is 10.2. The molecule has 0 amide bonds. The largest absolute Gasteiger partial charge is 0.506 e. The van der Waals surface area contributed by atoms with E-state index in [1.807, 2.05) is 0 Å². The standard InChI is InChI=1S/C15H12Br2N6OS/c16-8-4-7(13(24)10(17)5-8)6-18-23-14(21-22-15(23)25)12-9-2-1-3-11(9)19-20-12/h4-6,24H,1-3H2,(H,19,20)(H,22,25). The number of phenolic OH excluding ortho intramolecular Hbond substituents is 1. The fourth-order valence-corrected chi connectivity index (χ4v) is 4.30. The predicted octanol–water partition coefficient (Wildman–Crippen LogP) is 3.93. The summed E-state index contributed by atoms with van der Waals surface area (Å²) < 4.78 is 3.26. The van der Waals surface area contributed by atoms with Gasteiger partial charge in [-0.3, -0.25) is 5.10 Å². The van der Waals surface area contributed by atoms with Crippen molar-refractivity contribution in [3.05, 3.63) is 42.7 Å². The zero-order valence-electron chi connectivity index (χ0n) is 12.8. The Hall–Kier alpha value is -1.78. The number of fused-ring (bicyclic) bond motifs is 1. The van der Waals surface area contributed by atoms with Crippen LogP contribution in [-0.2, 0) is 12.8 Å². The monoisotopic (exact) mass is 482 g/mol. The summed E-state index contributed by atoms with van der Waals surface area (Å²) in [6.45, 7) is 0. The van der Waals surface area contributed by atoms with Gasteiger partial charge in [0, 0.05) is 21.3 Å². The Morgan fingerprint density at radius 3 is 2.92 bits per heavy atom. The molecule has 4 rings (SSSR count). The van der Waals surface area contributed by atoms with Gasteiger partial charge >= 0.3 is 0 Å². The molecule has 0 saturated carbocycles. The highest BCUT2D eigenvalue weighted by Gasteiger charge is 2.23. The van der Waals surface area contributed by atoms with E-state index in [0.29, 0.717) is 20.6 Å². The average molecular weight is 484 g/mol. The van der Waals surface area contributed by atoms with E-state index in [9.17, 15) is 5.11 Å². The van der Waals surface area contributed by atoms with E-state index in [1.165, 1.54) is 16.5 Å². The fourth-order valence-electron chi connectivity index (χ4n) is 2.86. The highest BCUT2D eigenvalue weighted by molar-refractivity contribution is 9.11. The lowest BCUT2D eigenvalue weighted by molar-refractivity contribution is 0.471. The first-order chi connectivity index (χ1) is 12.0. The minimum absolute atomic E-state index is 0.101. The molecular formula is C15H12Br2N6OS. The predicted molar refractivity (Wildman–Crippen MR) is 104 cm³/mol. The summed E-state index contributed by atoms with van der Waals surface area (Å²) in [5.74, 6) is 0.651. The first-order valence-corrected chi connectivity index (χ1v) is 9.50. The molecule has 0 bridgehead atoms. The van der Waals surface area contributed by atoms with Crippen molar-refractivity contribution < 1.29 is 5.11 Å². The van der Waals surface area contributed by atoms with Crippen LogP contribution in [0.1, 0.15) is 23.2 Å². The van der Waals surface area contributed by atoms with Crippen LogP contribution in [0.3, 0.4) is 0 Å². The maximum absolute atomic E-state index is 10.2. The summed E-state index contributed by atoms with van der Waals surface area (Å²) in [7, 11) is 0. The zero-order chi connectivity index (χ0) is 17.6. The van der Waals surface area contributed by atoms with Crippen molar-refractivity contribution in [1.82, 2.24) is 25.1 Å². The highest BCUT2D eigenvalue weighted by atomic mass is 79.9. The first-order valence-electron chi connectivity index (χ1n) is 7.51. The molecule has 0 atom stereocenters. The highest BCUT2D eigenvalue weighted by Crippen LogP contribution is 2.31. The van der Waals surface area contributed by atoms with Crippen LogP contribution in [0.2, 0.25) is 0 Å². The number of benzene rings is 1. The number of aromatic nitrogens is 5. The van der Waals surface area contributed by atoms with E-state index in [0.717, 1.165) is 35.1 Å². The number of hydrogen-bond donors (Lipinski definition) is 3. The van der Waals surface area contributed by atoms with Gasteiger partial charge in [0.25, 0.3) is 0 Å². The number of phenols is 1. The molecule has 3 aromatic rings. The molecule has 10 heteroatoms. The third kappa shape index (κ3) is 2.98. The normalized spacial score (nSPS) is 13.7. The second-order valence-electron chi connectivity index (χ2n) is 5.62. The summed E-state index contributed by atoms with van der Waals surface area (Å²) in [6.07, 6.45) is 4.60. The van der Waals surface area contributed by atoms with E-state index in [-0.39, 0.29) is 5.75 Å². The molecule has 0 aliphatic heterocycles. The smallest absolute Gasteiger partial charge is 0.216 e. The number of rotatable bonds is 3. The van der Waals surface area contributed by atoms with E-state index >= 15 is 0 Å². The molecule has 7 nitrogen and oxygen atoms in total. The summed E-state index contributed by atoms with van der Waals surface area (Å²) in [5.41, 5.74) is 3.62. The van der Waals surface area contributed by atoms with Gasteiger partial charge in [-0.15, -0.1) is 0 Å². The molecule has 0 radical (unpaired) electrons. The molecule has 1 aliphatic rings. The van der Waals surface area contributed by atoms with Gasteiger partial charge in [0.05, 0.1) is 10.7 Å². The number of aromatic hydroxyl groups is 1. The van der Waals surface area contributed by atoms with Gasteiger partial charge in [0.2, 0.25) is 10.6 Å². The number of nitrogens with zero attached hydrogens (tertiary/aromatic N) is 4. The van der Waals surface area contributed by atoms with Crippen LogP contribution < -0.4 is 0 Å². The van der Waals surface area contributed by atoms with Gasteiger partial charge < -0.3 is 5.11 Å². The molecule has 2 heterocycles. The van der Waals surface area contributed by atoms with Gasteiger partial charge in [0.1, 0.15) is 11.4 Å². The number of hydrogen-bond acceptors (Lipinski definition) is 5. The van der Waals surface area contributed by atoms with Gasteiger partial charge in [0.15, 0.2) is 0 Å². The summed E-state index contributed by atoms with van der Waals surface area (Å²) in [5, 5.41) is 29.0. The minimum Gasteiger partial charge on any atom is -0.506 e. The maximum Gasteiger partial charge on any atom is 0.216 e. The Labute approximate surface area is 164 Å².